The first-order valence-electron chi connectivity index (χ1n) is 6.54. The fraction of sp³-hybridized carbons (Fsp3) is 0.0667. The highest BCUT2D eigenvalue weighted by Gasteiger charge is 2.31. The first kappa shape index (κ1) is 16.3. The molecular formula is C15H8ClF4N3O. The van der Waals surface area contributed by atoms with Crippen molar-refractivity contribution in [2.45, 2.75) is 6.36 Å². The summed E-state index contributed by atoms with van der Waals surface area (Å²) in [5, 5.41) is 3.31. The molecule has 3 aromatic rings. The number of hydrogen-bond donors (Lipinski definition) is 1. The van der Waals surface area contributed by atoms with Gasteiger partial charge in [-0.3, -0.25) is 0 Å². The minimum absolute atomic E-state index is 0.0702. The predicted octanol–water partition coefficient (Wildman–Crippen LogP) is 5.06. The molecule has 1 N–H and O–H groups in total. The van der Waals surface area contributed by atoms with Crippen LogP contribution in [0.4, 0.5) is 29.1 Å². The maximum absolute atomic E-state index is 13.2. The van der Waals surface area contributed by atoms with E-state index in [-0.39, 0.29) is 16.3 Å². The van der Waals surface area contributed by atoms with Crippen LogP contribution < -0.4 is 10.1 Å². The number of alkyl halides is 3. The van der Waals surface area contributed by atoms with Crippen LogP contribution in [0.15, 0.2) is 42.7 Å². The Morgan fingerprint density at radius 1 is 1.04 bits per heavy atom. The number of nitrogens with one attached hydrogen (secondary N) is 1. The zero-order valence-corrected chi connectivity index (χ0v) is 12.5. The minimum Gasteiger partial charge on any atom is -0.406 e. The summed E-state index contributed by atoms with van der Waals surface area (Å²) in [6.07, 6.45) is -3.60. The highest BCUT2D eigenvalue weighted by atomic mass is 35.5. The number of rotatable bonds is 3. The number of ether oxygens (including phenoxy) is 1. The molecule has 0 unspecified atom stereocenters. The van der Waals surface area contributed by atoms with E-state index in [1.165, 1.54) is 30.6 Å². The Kier molecular flexibility index (Phi) is 4.15. The SMILES string of the molecule is Fc1ccc(Nc2ncnc3cc(OC(F)(F)F)ccc23)cc1Cl. The summed E-state index contributed by atoms with van der Waals surface area (Å²) >= 11 is 5.71. The van der Waals surface area contributed by atoms with E-state index in [2.05, 4.69) is 20.0 Å². The van der Waals surface area contributed by atoms with Gasteiger partial charge < -0.3 is 10.1 Å². The summed E-state index contributed by atoms with van der Waals surface area (Å²) in [5.41, 5.74) is 0.722. The number of hydrogen-bond acceptors (Lipinski definition) is 4. The summed E-state index contributed by atoms with van der Waals surface area (Å²) in [7, 11) is 0. The second kappa shape index (κ2) is 6.12. The van der Waals surface area contributed by atoms with Crippen LogP contribution in [0.25, 0.3) is 10.9 Å². The third-order valence-electron chi connectivity index (χ3n) is 3.02. The summed E-state index contributed by atoms with van der Waals surface area (Å²) < 4.78 is 53.8. The van der Waals surface area contributed by atoms with E-state index in [0.29, 0.717) is 16.9 Å². The molecule has 0 fully saturated rings. The Morgan fingerprint density at radius 2 is 1.83 bits per heavy atom. The number of aromatic nitrogens is 2. The van der Waals surface area contributed by atoms with Gasteiger partial charge >= 0.3 is 6.36 Å². The second-order valence-electron chi connectivity index (χ2n) is 4.70. The van der Waals surface area contributed by atoms with Crippen molar-refractivity contribution in [1.29, 1.82) is 0 Å². The molecular weight excluding hydrogens is 350 g/mol. The van der Waals surface area contributed by atoms with Gasteiger partial charge in [-0.25, -0.2) is 14.4 Å². The lowest BCUT2D eigenvalue weighted by molar-refractivity contribution is -0.274. The summed E-state index contributed by atoms with van der Waals surface area (Å²) in [6, 6.07) is 7.70. The summed E-state index contributed by atoms with van der Waals surface area (Å²) in [6.45, 7) is 0. The van der Waals surface area contributed by atoms with Crippen LogP contribution in [0.1, 0.15) is 0 Å². The van der Waals surface area contributed by atoms with Gasteiger partial charge in [0.1, 0.15) is 23.7 Å². The van der Waals surface area contributed by atoms with Gasteiger partial charge in [-0.1, -0.05) is 11.6 Å². The first-order valence-corrected chi connectivity index (χ1v) is 6.92. The van der Waals surface area contributed by atoms with E-state index in [1.54, 1.807) is 0 Å². The predicted molar refractivity (Wildman–Crippen MR) is 80.9 cm³/mol. The van der Waals surface area contributed by atoms with Crippen molar-refractivity contribution in [1.82, 2.24) is 9.97 Å². The van der Waals surface area contributed by atoms with E-state index < -0.39 is 12.2 Å². The zero-order chi connectivity index (χ0) is 17.3. The molecule has 124 valence electrons. The van der Waals surface area contributed by atoms with E-state index in [4.69, 9.17) is 11.6 Å². The number of halogens is 5. The van der Waals surface area contributed by atoms with Crippen molar-refractivity contribution in [3.63, 3.8) is 0 Å². The van der Waals surface area contributed by atoms with Crippen molar-refractivity contribution in [3.8, 4) is 5.75 Å². The van der Waals surface area contributed by atoms with Crippen molar-refractivity contribution in [2.75, 3.05) is 5.32 Å². The Balaban J connectivity index is 1.95. The largest absolute Gasteiger partial charge is 0.573 e. The Labute approximate surface area is 138 Å². The van der Waals surface area contributed by atoms with Crippen LogP contribution in [-0.4, -0.2) is 16.3 Å². The van der Waals surface area contributed by atoms with Gasteiger partial charge in [0.25, 0.3) is 0 Å². The molecule has 24 heavy (non-hydrogen) atoms. The number of anilines is 2. The van der Waals surface area contributed by atoms with Crippen LogP contribution in [0.5, 0.6) is 5.75 Å². The third kappa shape index (κ3) is 3.65. The molecule has 1 aromatic heterocycles. The van der Waals surface area contributed by atoms with Gasteiger partial charge in [0.05, 0.1) is 10.5 Å². The number of nitrogens with zero attached hydrogens (tertiary/aromatic N) is 2. The molecule has 3 rings (SSSR count). The van der Waals surface area contributed by atoms with Crippen LogP contribution in [0, 0.1) is 5.82 Å². The first-order chi connectivity index (χ1) is 11.3. The third-order valence-corrected chi connectivity index (χ3v) is 3.31. The summed E-state index contributed by atoms with van der Waals surface area (Å²) in [4.78, 5) is 7.96. The van der Waals surface area contributed by atoms with Gasteiger partial charge in [0.15, 0.2) is 0 Å². The van der Waals surface area contributed by atoms with Gasteiger partial charge in [0.2, 0.25) is 0 Å². The van der Waals surface area contributed by atoms with Crippen LogP contribution in [0.2, 0.25) is 5.02 Å². The molecule has 0 spiro atoms. The van der Waals surface area contributed by atoms with Crippen LogP contribution in [-0.2, 0) is 0 Å². The number of fused-ring (bicyclic) bond motifs is 1. The zero-order valence-electron chi connectivity index (χ0n) is 11.7. The normalized spacial score (nSPS) is 11.5. The average Bonchev–Trinajstić information content (AvgIpc) is 2.49. The van der Waals surface area contributed by atoms with Crippen LogP contribution in [0.3, 0.4) is 0 Å². The van der Waals surface area contributed by atoms with Gasteiger partial charge in [-0.2, -0.15) is 0 Å². The molecule has 1 heterocycles. The highest BCUT2D eigenvalue weighted by molar-refractivity contribution is 6.31. The molecule has 0 amide bonds. The molecule has 0 atom stereocenters. The monoisotopic (exact) mass is 357 g/mol. The number of benzene rings is 2. The molecule has 0 bridgehead atoms. The Hall–Kier alpha value is -2.61. The lowest BCUT2D eigenvalue weighted by Gasteiger charge is -2.11. The van der Waals surface area contributed by atoms with Crippen molar-refractivity contribution in [3.05, 3.63) is 53.6 Å². The van der Waals surface area contributed by atoms with E-state index >= 15 is 0 Å². The Bertz CT molecular complexity index is 902. The Morgan fingerprint density at radius 3 is 2.54 bits per heavy atom. The molecule has 0 aliphatic rings. The lowest BCUT2D eigenvalue weighted by atomic mass is 10.2. The molecule has 0 radical (unpaired) electrons. The molecule has 4 nitrogen and oxygen atoms in total. The van der Waals surface area contributed by atoms with Crippen molar-refractivity contribution in [2.24, 2.45) is 0 Å². The second-order valence-corrected chi connectivity index (χ2v) is 5.11. The molecule has 0 saturated heterocycles. The summed E-state index contributed by atoms with van der Waals surface area (Å²) in [5.74, 6) is -0.616. The maximum atomic E-state index is 13.2. The minimum atomic E-state index is -4.79. The molecule has 0 aliphatic carbocycles. The van der Waals surface area contributed by atoms with Crippen LogP contribution >= 0.6 is 11.6 Å². The van der Waals surface area contributed by atoms with Gasteiger partial charge in [-0.05, 0) is 30.3 Å². The molecule has 9 heteroatoms. The molecule has 2 aromatic carbocycles. The standard InChI is InChI=1S/C15H8ClF4N3O/c16-11-5-8(1-4-12(11)17)23-14-10-3-2-9(24-15(18,19)20)6-13(10)21-7-22-14/h1-7H,(H,21,22,23). The topological polar surface area (TPSA) is 47.0 Å². The fourth-order valence-electron chi connectivity index (χ4n) is 2.04. The van der Waals surface area contributed by atoms with Crippen molar-refractivity contribution < 1.29 is 22.3 Å². The molecule has 0 aliphatic heterocycles. The lowest BCUT2D eigenvalue weighted by Crippen LogP contribution is -2.17. The van der Waals surface area contributed by atoms with Crippen molar-refractivity contribution >= 4 is 34.0 Å². The smallest absolute Gasteiger partial charge is 0.406 e. The van der Waals surface area contributed by atoms with E-state index in [1.807, 2.05) is 0 Å². The van der Waals surface area contributed by atoms with E-state index in [0.717, 1.165) is 12.1 Å². The highest BCUT2D eigenvalue weighted by Crippen LogP contribution is 2.30. The fourth-order valence-corrected chi connectivity index (χ4v) is 2.22. The van der Waals surface area contributed by atoms with E-state index in [9.17, 15) is 17.6 Å². The quantitative estimate of drug-likeness (QED) is 0.665. The maximum Gasteiger partial charge on any atom is 0.573 e. The van der Waals surface area contributed by atoms with Gasteiger partial charge in [-0.15, -0.1) is 13.2 Å². The molecule has 0 saturated carbocycles. The van der Waals surface area contributed by atoms with Gasteiger partial charge in [0, 0.05) is 17.1 Å². The average molecular weight is 358 g/mol.